The van der Waals surface area contributed by atoms with Crippen LogP contribution in [0, 0.1) is 0 Å². The first kappa shape index (κ1) is 16.1. The zero-order valence-electron chi connectivity index (χ0n) is 14.1. The number of nitrogens with one attached hydrogen (secondary N) is 2. The van der Waals surface area contributed by atoms with Crippen molar-refractivity contribution in [3.63, 3.8) is 0 Å². The van der Waals surface area contributed by atoms with Crippen molar-refractivity contribution in [3.8, 4) is 0 Å². The molecule has 7 nitrogen and oxygen atoms in total. The smallest absolute Gasteiger partial charge is 0.255 e. The van der Waals surface area contributed by atoms with Gasteiger partial charge in [0, 0.05) is 56.9 Å². The molecule has 2 fully saturated rings. The number of nitrogens with zero attached hydrogens (tertiary/aromatic N) is 2. The van der Waals surface area contributed by atoms with Crippen molar-refractivity contribution >= 4 is 23.8 Å². The fraction of sp³-hybridized carbons (Fsp3) is 0.500. The first-order valence-corrected chi connectivity index (χ1v) is 8.77. The standard InChI is InChI=1S/C18H22N4O3/c23-12-18(4-3-16(24)20-11-18)22-10-13-1-2-14(9-15(13)17(22)25)21-7-5-19-6-8-21/h1-2,9,12,19H,3-8,10-11H2,(H,20,24). The molecule has 4 rings (SSSR count). The Morgan fingerprint density at radius 1 is 1.16 bits per heavy atom. The van der Waals surface area contributed by atoms with Crippen LogP contribution < -0.4 is 15.5 Å². The van der Waals surface area contributed by atoms with E-state index in [4.69, 9.17) is 0 Å². The molecule has 3 aliphatic rings. The number of aldehydes is 1. The second-order valence-corrected chi connectivity index (χ2v) is 6.97. The van der Waals surface area contributed by atoms with Gasteiger partial charge in [-0.25, -0.2) is 0 Å². The lowest BCUT2D eigenvalue weighted by molar-refractivity contribution is -0.128. The van der Waals surface area contributed by atoms with Crippen LogP contribution in [0.25, 0.3) is 0 Å². The molecule has 2 N–H and O–H groups in total. The highest BCUT2D eigenvalue weighted by atomic mass is 16.2. The van der Waals surface area contributed by atoms with Gasteiger partial charge in [0.2, 0.25) is 5.91 Å². The molecule has 7 heteroatoms. The van der Waals surface area contributed by atoms with E-state index in [2.05, 4.69) is 21.6 Å². The quantitative estimate of drug-likeness (QED) is 0.750. The van der Waals surface area contributed by atoms with Crippen LogP contribution in [-0.2, 0) is 16.1 Å². The van der Waals surface area contributed by atoms with E-state index in [9.17, 15) is 14.4 Å². The summed E-state index contributed by atoms with van der Waals surface area (Å²) < 4.78 is 0. The fourth-order valence-corrected chi connectivity index (χ4v) is 3.92. The number of carbonyl (C=O) groups is 3. The molecule has 2 amide bonds. The van der Waals surface area contributed by atoms with E-state index in [-0.39, 0.29) is 24.8 Å². The van der Waals surface area contributed by atoms with Gasteiger partial charge in [-0.2, -0.15) is 0 Å². The molecule has 0 spiro atoms. The average Bonchev–Trinajstić information content (AvgIpc) is 3.00. The minimum absolute atomic E-state index is 0.0670. The minimum Gasteiger partial charge on any atom is -0.369 e. The summed E-state index contributed by atoms with van der Waals surface area (Å²) in [6, 6.07) is 5.99. The lowest BCUT2D eigenvalue weighted by Gasteiger charge is -2.40. The summed E-state index contributed by atoms with van der Waals surface area (Å²) in [5.74, 6) is -0.183. The second-order valence-electron chi connectivity index (χ2n) is 6.97. The van der Waals surface area contributed by atoms with E-state index in [1.54, 1.807) is 4.90 Å². The van der Waals surface area contributed by atoms with Crippen LogP contribution in [0.1, 0.15) is 28.8 Å². The largest absolute Gasteiger partial charge is 0.369 e. The van der Waals surface area contributed by atoms with E-state index in [1.165, 1.54) is 0 Å². The average molecular weight is 342 g/mol. The van der Waals surface area contributed by atoms with Crippen molar-refractivity contribution in [2.24, 2.45) is 0 Å². The van der Waals surface area contributed by atoms with Crippen LogP contribution in [0.4, 0.5) is 5.69 Å². The van der Waals surface area contributed by atoms with Crippen LogP contribution >= 0.6 is 0 Å². The molecule has 1 unspecified atom stereocenters. The van der Waals surface area contributed by atoms with Crippen LogP contribution in [0.15, 0.2) is 18.2 Å². The molecule has 132 valence electrons. The Hall–Kier alpha value is -2.41. The fourth-order valence-electron chi connectivity index (χ4n) is 3.92. The van der Waals surface area contributed by atoms with E-state index < -0.39 is 5.54 Å². The molecule has 1 aromatic carbocycles. The highest BCUT2D eigenvalue weighted by molar-refractivity contribution is 6.01. The number of hydrogen-bond donors (Lipinski definition) is 2. The summed E-state index contributed by atoms with van der Waals surface area (Å²) in [4.78, 5) is 40.2. The monoisotopic (exact) mass is 342 g/mol. The summed E-state index contributed by atoms with van der Waals surface area (Å²) >= 11 is 0. The molecule has 3 heterocycles. The van der Waals surface area contributed by atoms with Crippen molar-refractivity contribution in [2.75, 3.05) is 37.6 Å². The van der Waals surface area contributed by atoms with Crippen LogP contribution in [0.3, 0.4) is 0 Å². The summed E-state index contributed by atoms with van der Waals surface area (Å²) in [5.41, 5.74) is 1.74. The van der Waals surface area contributed by atoms with Crippen molar-refractivity contribution in [2.45, 2.75) is 24.9 Å². The van der Waals surface area contributed by atoms with Crippen LogP contribution in [0.2, 0.25) is 0 Å². The molecule has 1 aromatic rings. The molecule has 0 bridgehead atoms. The van der Waals surface area contributed by atoms with Gasteiger partial charge in [0.05, 0.1) is 0 Å². The Morgan fingerprint density at radius 3 is 2.64 bits per heavy atom. The summed E-state index contributed by atoms with van der Waals surface area (Å²) in [7, 11) is 0. The third-order valence-electron chi connectivity index (χ3n) is 5.51. The number of rotatable bonds is 3. The lowest BCUT2D eigenvalue weighted by atomic mass is 9.89. The van der Waals surface area contributed by atoms with E-state index >= 15 is 0 Å². The predicted molar refractivity (Wildman–Crippen MR) is 92.4 cm³/mol. The molecular weight excluding hydrogens is 320 g/mol. The second kappa shape index (κ2) is 6.15. The van der Waals surface area contributed by atoms with Crippen LogP contribution in [-0.4, -0.2) is 61.3 Å². The molecule has 2 saturated heterocycles. The van der Waals surface area contributed by atoms with Gasteiger partial charge in [0.25, 0.3) is 5.91 Å². The molecule has 0 saturated carbocycles. The summed E-state index contributed by atoms with van der Waals surface area (Å²) in [5, 5.41) is 6.05. The molecule has 1 atom stereocenters. The highest BCUT2D eigenvalue weighted by Gasteiger charge is 2.46. The zero-order chi connectivity index (χ0) is 17.4. The number of piperidine rings is 1. The van der Waals surface area contributed by atoms with Crippen molar-refractivity contribution in [1.82, 2.24) is 15.5 Å². The Labute approximate surface area is 146 Å². The number of hydrogen-bond acceptors (Lipinski definition) is 5. The number of piperazine rings is 1. The first-order valence-electron chi connectivity index (χ1n) is 8.77. The zero-order valence-corrected chi connectivity index (χ0v) is 14.1. The molecule has 0 radical (unpaired) electrons. The highest BCUT2D eigenvalue weighted by Crippen LogP contribution is 2.34. The molecule has 25 heavy (non-hydrogen) atoms. The molecule has 3 aliphatic heterocycles. The number of anilines is 1. The van der Waals surface area contributed by atoms with E-state index in [0.29, 0.717) is 18.5 Å². The van der Waals surface area contributed by atoms with Gasteiger partial charge >= 0.3 is 0 Å². The van der Waals surface area contributed by atoms with Gasteiger partial charge in [-0.15, -0.1) is 0 Å². The third-order valence-corrected chi connectivity index (χ3v) is 5.51. The van der Waals surface area contributed by atoms with Gasteiger partial charge in [-0.05, 0) is 24.1 Å². The normalized spacial score (nSPS) is 26.4. The van der Waals surface area contributed by atoms with Gasteiger partial charge in [0.1, 0.15) is 11.8 Å². The van der Waals surface area contributed by atoms with Gasteiger partial charge in [-0.1, -0.05) is 6.07 Å². The van der Waals surface area contributed by atoms with Gasteiger partial charge in [-0.3, -0.25) is 9.59 Å². The Kier molecular flexibility index (Phi) is 3.95. The van der Waals surface area contributed by atoms with E-state index in [0.717, 1.165) is 43.7 Å². The lowest BCUT2D eigenvalue weighted by Crippen LogP contribution is -2.60. The summed E-state index contributed by atoms with van der Waals surface area (Å²) in [6.45, 7) is 4.32. The maximum atomic E-state index is 13.0. The van der Waals surface area contributed by atoms with Crippen molar-refractivity contribution in [1.29, 1.82) is 0 Å². The Bertz CT molecular complexity index is 717. The summed E-state index contributed by atoms with van der Waals surface area (Å²) in [6.07, 6.45) is 1.48. The molecule has 0 aliphatic carbocycles. The number of carbonyl (C=O) groups excluding carboxylic acids is 3. The first-order chi connectivity index (χ1) is 12.1. The molecule has 0 aromatic heterocycles. The van der Waals surface area contributed by atoms with Crippen LogP contribution in [0.5, 0.6) is 0 Å². The van der Waals surface area contributed by atoms with Crippen molar-refractivity contribution < 1.29 is 14.4 Å². The van der Waals surface area contributed by atoms with Gasteiger partial charge < -0.3 is 25.2 Å². The van der Waals surface area contributed by atoms with Gasteiger partial charge in [0.15, 0.2) is 0 Å². The Balaban J connectivity index is 1.60. The SMILES string of the molecule is O=CC1(N2Cc3ccc(N4CCNCC4)cc3C2=O)CCC(=O)NC1. The number of fused-ring (bicyclic) bond motifs is 1. The maximum absolute atomic E-state index is 13.0. The predicted octanol–water partition coefficient (Wildman–Crippen LogP) is -0.100. The third kappa shape index (κ3) is 2.68. The number of benzene rings is 1. The Morgan fingerprint density at radius 2 is 1.96 bits per heavy atom. The van der Waals surface area contributed by atoms with E-state index in [1.807, 2.05) is 12.1 Å². The van der Waals surface area contributed by atoms with Crippen molar-refractivity contribution in [3.05, 3.63) is 29.3 Å². The topological polar surface area (TPSA) is 81.8 Å². The minimum atomic E-state index is -0.931. The number of amides is 2. The maximum Gasteiger partial charge on any atom is 0.255 e. The molecular formula is C18H22N4O3.